The molecule has 0 N–H and O–H groups in total. The number of aromatic nitrogens is 1. The molecule has 0 radical (unpaired) electrons. The zero-order valence-electron chi connectivity index (χ0n) is 22.5. The van der Waals surface area contributed by atoms with Gasteiger partial charge in [0.25, 0.3) is 0 Å². The molecule has 0 spiro atoms. The third-order valence-corrected chi connectivity index (χ3v) is 8.45. The molecule has 8 rings (SSSR count). The minimum Gasteiger partial charge on any atom is -0.456 e. The lowest BCUT2D eigenvalue weighted by molar-refractivity contribution is 0.657. The van der Waals surface area contributed by atoms with Crippen molar-refractivity contribution in [2.75, 3.05) is 0 Å². The van der Waals surface area contributed by atoms with Crippen LogP contribution in [0.25, 0.3) is 66.7 Å². The predicted octanol–water partition coefficient (Wildman–Crippen LogP) is 10.3. The lowest BCUT2D eigenvalue weighted by atomic mass is 9.80. The summed E-state index contributed by atoms with van der Waals surface area (Å²) in [5.74, 6) is 0. The molecule has 0 atom stereocenters. The van der Waals surface area contributed by atoms with Crippen LogP contribution in [0.3, 0.4) is 0 Å². The van der Waals surface area contributed by atoms with E-state index in [0.29, 0.717) is 0 Å². The quantitative estimate of drug-likeness (QED) is 0.235. The number of benzene rings is 5. The predicted molar refractivity (Wildman–Crippen MR) is 165 cm³/mol. The maximum absolute atomic E-state index is 6.26. The van der Waals surface area contributed by atoms with Gasteiger partial charge in [-0.1, -0.05) is 111 Å². The summed E-state index contributed by atoms with van der Waals surface area (Å²) in [6, 6.07) is 45.0. The van der Waals surface area contributed by atoms with Crippen molar-refractivity contribution in [1.82, 2.24) is 4.98 Å². The summed E-state index contributed by atoms with van der Waals surface area (Å²) in [4.78, 5) is 5.19. The molecule has 7 aromatic rings. The van der Waals surface area contributed by atoms with Gasteiger partial charge in [0, 0.05) is 27.3 Å². The van der Waals surface area contributed by atoms with Crippen LogP contribution in [-0.2, 0) is 5.41 Å². The summed E-state index contributed by atoms with van der Waals surface area (Å²) < 4.78 is 6.26. The molecular formula is C38H27NO. The first-order valence-corrected chi connectivity index (χ1v) is 13.8. The number of nitrogens with zero attached hydrogens (tertiary/aromatic N) is 1. The van der Waals surface area contributed by atoms with E-state index in [4.69, 9.17) is 9.40 Å². The average molecular weight is 514 g/mol. The average Bonchev–Trinajstić information content (AvgIpc) is 3.49. The van der Waals surface area contributed by atoms with Crippen LogP contribution in [0.4, 0.5) is 0 Å². The zero-order valence-corrected chi connectivity index (χ0v) is 22.5. The van der Waals surface area contributed by atoms with Crippen LogP contribution in [-0.4, -0.2) is 4.98 Å². The Kier molecular flexibility index (Phi) is 4.90. The van der Waals surface area contributed by atoms with Crippen LogP contribution in [0.5, 0.6) is 0 Å². The van der Waals surface area contributed by atoms with Crippen LogP contribution in [0.2, 0.25) is 0 Å². The molecule has 1 aliphatic rings. The van der Waals surface area contributed by atoms with Gasteiger partial charge in [-0.2, -0.15) is 0 Å². The van der Waals surface area contributed by atoms with Gasteiger partial charge >= 0.3 is 0 Å². The SMILES string of the molecule is CC1(C)c2cc(-c3cc(-c4ccccc4)cc(-c4ccccc4)n3)ccc2-c2ccc3oc4ccccc4c3c21. The molecule has 1 aliphatic carbocycles. The van der Waals surface area contributed by atoms with Crippen LogP contribution in [0.15, 0.2) is 132 Å². The maximum Gasteiger partial charge on any atom is 0.135 e. The van der Waals surface area contributed by atoms with Crippen molar-refractivity contribution in [2.24, 2.45) is 0 Å². The Labute approximate surface area is 233 Å². The van der Waals surface area contributed by atoms with Crippen LogP contribution >= 0.6 is 0 Å². The van der Waals surface area contributed by atoms with Gasteiger partial charge in [0.2, 0.25) is 0 Å². The Balaban J connectivity index is 1.33. The highest BCUT2D eigenvalue weighted by atomic mass is 16.3. The van der Waals surface area contributed by atoms with Crippen LogP contribution in [0.1, 0.15) is 25.0 Å². The number of rotatable bonds is 3. The largest absolute Gasteiger partial charge is 0.456 e. The van der Waals surface area contributed by atoms with E-state index in [2.05, 4.69) is 129 Å². The molecule has 2 heterocycles. The normalized spacial score (nSPS) is 13.4. The highest BCUT2D eigenvalue weighted by Crippen LogP contribution is 2.53. The van der Waals surface area contributed by atoms with Crippen molar-refractivity contribution in [2.45, 2.75) is 19.3 Å². The molecule has 0 fully saturated rings. The lowest BCUT2D eigenvalue weighted by Crippen LogP contribution is -2.15. The summed E-state index contributed by atoms with van der Waals surface area (Å²) in [6.45, 7) is 4.68. The Morgan fingerprint density at radius 2 is 1.18 bits per heavy atom. The number of pyridine rings is 1. The smallest absolute Gasteiger partial charge is 0.135 e. The van der Waals surface area contributed by atoms with Gasteiger partial charge in [-0.25, -0.2) is 4.98 Å². The minimum absolute atomic E-state index is 0.188. The fourth-order valence-electron chi connectivity index (χ4n) is 6.51. The fraction of sp³-hybridized carbons (Fsp3) is 0.0789. The van der Waals surface area contributed by atoms with Gasteiger partial charge in [-0.15, -0.1) is 0 Å². The van der Waals surface area contributed by atoms with E-state index in [1.165, 1.54) is 44.2 Å². The topological polar surface area (TPSA) is 26.0 Å². The standard InChI is InChI=1S/C38H27NO/c1-38(2)31-21-26(17-18-28(31)29-19-20-35-36(37(29)38)30-15-9-10-16-34(30)40-35)33-23-27(24-11-5-3-6-12-24)22-32(39-33)25-13-7-4-8-14-25/h3-23H,1-2H3. The van der Waals surface area contributed by atoms with Crippen molar-refractivity contribution in [3.63, 3.8) is 0 Å². The molecule has 0 saturated heterocycles. The Morgan fingerprint density at radius 3 is 1.95 bits per heavy atom. The van der Waals surface area contributed by atoms with Gasteiger partial charge in [0.1, 0.15) is 11.2 Å². The van der Waals surface area contributed by atoms with E-state index in [0.717, 1.165) is 33.7 Å². The first-order chi connectivity index (χ1) is 19.6. The van der Waals surface area contributed by atoms with Gasteiger partial charge in [0.15, 0.2) is 0 Å². The second kappa shape index (κ2) is 8.53. The highest BCUT2D eigenvalue weighted by molar-refractivity contribution is 6.11. The second-order valence-electron chi connectivity index (χ2n) is 11.2. The molecule has 0 aliphatic heterocycles. The van der Waals surface area contributed by atoms with Crippen molar-refractivity contribution >= 4 is 21.9 Å². The van der Waals surface area contributed by atoms with Crippen molar-refractivity contribution < 1.29 is 4.42 Å². The fourth-order valence-corrected chi connectivity index (χ4v) is 6.51. The summed E-state index contributed by atoms with van der Waals surface area (Å²) in [7, 11) is 0. The summed E-state index contributed by atoms with van der Waals surface area (Å²) in [6.07, 6.45) is 0. The molecule has 0 bridgehead atoms. The summed E-state index contributed by atoms with van der Waals surface area (Å²) in [5.41, 5.74) is 13.5. The third kappa shape index (κ3) is 3.39. The molecule has 0 saturated carbocycles. The molecule has 2 heteroatoms. The zero-order chi connectivity index (χ0) is 26.8. The van der Waals surface area contributed by atoms with E-state index in [1.807, 2.05) is 12.1 Å². The molecule has 2 aromatic heterocycles. The number of hydrogen-bond acceptors (Lipinski definition) is 2. The molecular weight excluding hydrogens is 486 g/mol. The highest BCUT2D eigenvalue weighted by Gasteiger charge is 2.38. The number of para-hydroxylation sites is 1. The minimum atomic E-state index is -0.188. The number of hydrogen-bond donors (Lipinski definition) is 0. The number of furan rings is 1. The molecule has 190 valence electrons. The van der Waals surface area contributed by atoms with Crippen LogP contribution < -0.4 is 0 Å². The molecule has 5 aromatic carbocycles. The van der Waals surface area contributed by atoms with E-state index in [-0.39, 0.29) is 5.41 Å². The van der Waals surface area contributed by atoms with Gasteiger partial charge in [-0.3, -0.25) is 0 Å². The van der Waals surface area contributed by atoms with Gasteiger partial charge in [-0.05, 0) is 63.7 Å². The molecule has 0 amide bonds. The first-order valence-electron chi connectivity index (χ1n) is 13.8. The lowest BCUT2D eigenvalue weighted by Gasteiger charge is -2.23. The van der Waals surface area contributed by atoms with E-state index in [9.17, 15) is 0 Å². The van der Waals surface area contributed by atoms with E-state index < -0.39 is 0 Å². The van der Waals surface area contributed by atoms with Crippen LogP contribution in [0, 0.1) is 0 Å². The van der Waals surface area contributed by atoms with E-state index >= 15 is 0 Å². The van der Waals surface area contributed by atoms with Gasteiger partial charge in [0.05, 0.1) is 11.4 Å². The van der Waals surface area contributed by atoms with Crippen molar-refractivity contribution in [3.8, 4) is 44.8 Å². The van der Waals surface area contributed by atoms with Crippen molar-refractivity contribution in [3.05, 3.63) is 139 Å². The molecule has 0 unspecified atom stereocenters. The van der Waals surface area contributed by atoms with E-state index in [1.54, 1.807) is 0 Å². The first kappa shape index (κ1) is 23.0. The maximum atomic E-state index is 6.26. The Morgan fingerprint density at radius 1 is 0.525 bits per heavy atom. The molecule has 2 nitrogen and oxygen atoms in total. The summed E-state index contributed by atoms with van der Waals surface area (Å²) >= 11 is 0. The third-order valence-electron chi connectivity index (χ3n) is 8.45. The second-order valence-corrected chi connectivity index (χ2v) is 11.2. The monoisotopic (exact) mass is 513 g/mol. The van der Waals surface area contributed by atoms with Gasteiger partial charge < -0.3 is 4.42 Å². The number of fused-ring (bicyclic) bond motifs is 7. The van der Waals surface area contributed by atoms with Crippen molar-refractivity contribution in [1.29, 1.82) is 0 Å². The Bertz CT molecular complexity index is 2010. The molecule has 40 heavy (non-hydrogen) atoms. The summed E-state index contributed by atoms with van der Waals surface area (Å²) in [5, 5.41) is 2.41. The Hall–Kier alpha value is -4.95.